The van der Waals surface area contributed by atoms with E-state index in [4.69, 9.17) is 9.72 Å². The van der Waals surface area contributed by atoms with Gasteiger partial charge in [0.05, 0.1) is 61.4 Å². The topological polar surface area (TPSA) is 160 Å². The second-order valence-corrected chi connectivity index (χ2v) is 15.6. The number of hydrogen-bond donors (Lipinski definition) is 3. The first-order valence-electron chi connectivity index (χ1n) is 19.8. The molecular weight excluding hydrogens is 729 g/mol. The van der Waals surface area contributed by atoms with Crippen molar-refractivity contribution in [3.8, 4) is 39.7 Å². The minimum absolute atomic E-state index is 0.0518. The highest BCUT2D eigenvalue weighted by atomic mass is 16.5. The van der Waals surface area contributed by atoms with Gasteiger partial charge in [0.15, 0.2) is 0 Å². The number of nitrogens with one attached hydrogen (secondary N) is 3. The number of hydrogen-bond acceptors (Lipinski definition) is 7. The zero-order valence-corrected chi connectivity index (χ0v) is 32.8. The molecule has 58 heavy (non-hydrogen) atoms. The molecule has 0 aliphatic carbocycles. The molecule has 8 rings (SSSR count). The van der Waals surface area contributed by atoms with Crippen molar-refractivity contribution in [3.63, 3.8) is 0 Å². The number of fused-ring (bicyclic) bond motifs is 1. The van der Waals surface area contributed by atoms with Gasteiger partial charge in [-0.25, -0.2) is 14.8 Å². The number of rotatable bonds is 10. The number of ether oxygens (including phenoxy) is 1. The average Bonchev–Trinajstić information content (AvgIpc) is 4.09. The number of benzene rings is 4. The molecule has 0 radical (unpaired) electrons. The molecule has 3 N–H and O–H groups in total. The number of nitriles is 1. The Hall–Kier alpha value is -6.74. The summed E-state index contributed by atoms with van der Waals surface area (Å²) in [7, 11) is 1.26. The quantitative estimate of drug-likeness (QED) is 0.127. The SMILES string of the molecule is COC(=O)N[C@H](C(=O)N1C[C@@H](C#N)C[C@H]1c1ncc(-c2ccc3cc(-c4ccc(-c5cnc([C@@H]6CCCN6C(=O)Cc6ccccc6)[nH]5)cc4)ccc3c2)[nH]1)C(C)C. The molecule has 2 fully saturated rings. The third kappa shape index (κ3) is 7.80. The van der Waals surface area contributed by atoms with Crippen LogP contribution in [0.15, 0.2) is 103 Å². The van der Waals surface area contributed by atoms with Gasteiger partial charge in [-0.15, -0.1) is 0 Å². The van der Waals surface area contributed by atoms with E-state index in [0.717, 1.165) is 75.2 Å². The summed E-state index contributed by atoms with van der Waals surface area (Å²) in [5.41, 5.74) is 6.91. The maximum absolute atomic E-state index is 13.7. The molecule has 0 bridgehead atoms. The van der Waals surface area contributed by atoms with Gasteiger partial charge >= 0.3 is 6.09 Å². The molecule has 2 saturated heterocycles. The lowest BCUT2D eigenvalue weighted by Gasteiger charge is -2.29. The van der Waals surface area contributed by atoms with Crippen LogP contribution in [0.3, 0.4) is 0 Å². The first-order chi connectivity index (χ1) is 28.2. The number of H-pyrrole nitrogens is 2. The minimum Gasteiger partial charge on any atom is -0.453 e. The highest BCUT2D eigenvalue weighted by Gasteiger charge is 2.41. The Morgan fingerprint density at radius 2 is 1.45 bits per heavy atom. The number of methoxy groups -OCH3 is 1. The number of imidazole rings is 2. The van der Waals surface area contributed by atoms with Crippen LogP contribution in [0.5, 0.6) is 0 Å². The Balaban J connectivity index is 0.950. The van der Waals surface area contributed by atoms with Gasteiger partial charge in [-0.05, 0) is 70.3 Å². The van der Waals surface area contributed by atoms with E-state index in [9.17, 15) is 19.6 Å². The second kappa shape index (κ2) is 16.4. The van der Waals surface area contributed by atoms with Gasteiger partial charge in [0.25, 0.3) is 0 Å². The Bertz CT molecular complexity index is 2480. The first-order valence-corrected chi connectivity index (χ1v) is 19.8. The number of nitrogens with zero attached hydrogens (tertiary/aromatic N) is 5. The third-order valence-electron chi connectivity index (χ3n) is 11.4. The van der Waals surface area contributed by atoms with Crippen molar-refractivity contribution < 1.29 is 19.1 Å². The van der Waals surface area contributed by atoms with Gasteiger partial charge in [-0.3, -0.25) is 9.59 Å². The second-order valence-electron chi connectivity index (χ2n) is 15.6. The molecule has 2 aromatic heterocycles. The lowest BCUT2D eigenvalue weighted by atomic mass is 9.98. The predicted molar refractivity (Wildman–Crippen MR) is 221 cm³/mol. The first kappa shape index (κ1) is 38.1. The number of carbonyl (C=O) groups excluding carboxylic acids is 3. The maximum Gasteiger partial charge on any atom is 0.407 e. The number of aromatic nitrogens is 4. The summed E-state index contributed by atoms with van der Waals surface area (Å²) in [5, 5.41) is 14.6. The number of carbonyl (C=O) groups is 3. The number of likely N-dealkylation sites (tertiary alicyclic amines) is 2. The van der Waals surface area contributed by atoms with E-state index in [-0.39, 0.29) is 36.2 Å². The van der Waals surface area contributed by atoms with Crippen molar-refractivity contribution in [2.45, 2.75) is 57.7 Å². The lowest BCUT2D eigenvalue weighted by Crippen LogP contribution is -2.51. The average molecular weight is 775 g/mol. The largest absolute Gasteiger partial charge is 0.453 e. The zero-order valence-electron chi connectivity index (χ0n) is 32.8. The predicted octanol–water partition coefficient (Wildman–Crippen LogP) is 7.99. The van der Waals surface area contributed by atoms with Gasteiger partial charge < -0.3 is 29.8 Å². The van der Waals surface area contributed by atoms with Crippen LogP contribution in [-0.4, -0.2) is 73.9 Å². The Labute approximate surface area is 337 Å². The maximum atomic E-state index is 13.7. The van der Waals surface area contributed by atoms with E-state index in [2.05, 4.69) is 80.9 Å². The van der Waals surface area contributed by atoms with E-state index in [1.807, 2.05) is 61.3 Å². The van der Waals surface area contributed by atoms with Crippen LogP contribution in [0, 0.1) is 23.2 Å². The van der Waals surface area contributed by atoms with Crippen molar-refractivity contribution in [2.24, 2.45) is 11.8 Å². The molecule has 4 heterocycles. The molecule has 4 atom stereocenters. The van der Waals surface area contributed by atoms with Gasteiger partial charge in [0.2, 0.25) is 11.8 Å². The van der Waals surface area contributed by atoms with Crippen LogP contribution < -0.4 is 5.32 Å². The van der Waals surface area contributed by atoms with Gasteiger partial charge in [0, 0.05) is 18.7 Å². The monoisotopic (exact) mass is 774 g/mol. The number of alkyl carbamates (subject to hydrolysis) is 1. The fraction of sp³-hybridized carbons (Fsp3) is 0.304. The van der Waals surface area contributed by atoms with Gasteiger partial charge in [0.1, 0.15) is 17.7 Å². The Kier molecular flexibility index (Phi) is 10.8. The summed E-state index contributed by atoms with van der Waals surface area (Å²) in [5.74, 6) is 0.740. The molecule has 3 amide bonds. The summed E-state index contributed by atoms with van der Waals surface area (Å²) in [6, 6.07) is 32.0. The zero-order chi connectivity index (χ0) is 40.3. The van der Waals surface area contributed by atoms with Crippen LogP contribution >= 0.6 is 0 Å². The van der Waals surface area contributed by atoms with E-state index in [1.165, 1.54) is 7.11 Å². The van der Waals surface area contributed by atoms with Crippen molar-refractivity contribution in [1.82, 2.24) is 35.1 Å². The number of aromatic amines is 2. The smallest absolute Gasteiger partial charge is 0.407 e. The molecule has 0 spiro atoms. The molecule has 12 heteroatoms. The van der Waals surface area contributed by atoms with Crippen LogP contribution in [0.25, 0.3) is 44.4 Å². The summed E-state index contributed by atoms with van der Waals surface area (Å²) in [6.45, 7) is 4.71. The normalized spacial score (nSPS) is 18.4. The molecule has 12 nitrogen and oxygen atoms in total. The third-order valence-corrected chi connectivity index (χ3v) is 11.4. The molecule has 2 aliphatic heterocycles. The van der Waals surface area contributed by atoms with E-state index in [0.29, 0.717) is 18.7 Å². The summed E-state index contributed by atoms with van der Waals surface area (Å²) in [4.78, 5) is 58.9. The van der Waals surface area contributed by atoms with E-state index in [1.54, 1.807) is 11.1 Å². The highest BCUT2D eigenvalue weighted by molar-refractivity contribution is 5.91. The minimum atomic E-state index is -0.799. The van der Waals surface area contributed by atoms with Gasteiger partial charge in [-0.1, -0.05) is 92.7 Å². The van der Waals surface area contributed by atoms with Crippen LogP contribution in [0.4, 0.5) is 4.79 Å². The van der Waals surface area contributed by atoms with Crippen molar-refractivity contribution in [3.05, 3.63) is 121 Å². The molecule has 0 unspecified atom stereocenters. The molecule has 6 aromatic rings. The Morgan fingerprint density at radius 3 is 2.12 bits per heavy atom. The van der Waals surface area contributed by atoms with Crippen LogP contribution in [0.1, 0.15) is 62.4 Å². The standard InChI is InChI=1S/C46H46N8O4/c1-28(2)42(52-46(57)58-3)45(56)54-27-30(24-47)20-40(54)44-49-26-38(51-44)36-18-17-34-22-33(15-16-35(34)23-36)31-11-13-32(14-12-31)37-25-48-43(50-37)39-10-7-19-53(39)41(55)21-29-8-5-4-6-9-29/h4-6,8-9,11-18,22-23,25-26,28,30,39-40,42H,7,10,19-21,27H2,1-3H3,(H,48,50)(H,49,51)(H,52,57)/t30-,39+,40+,42+/m1/s1. The van der Waals surface area contributed by atoms with E-state index >= 15 is 0 Å². The van der Waals surface area contributed by atoms with Crippen LogP contribution in [0.2, 0.25) is 0 Å². The highest BCUT2D eigenvalue weighted by Crippen LogP contribution is 2.37. The van der Waals surface area contributed by atoms with Gasteiger partial charge in [-0.2, -0.15) is 5.26 Å². The molecule has 294 valence electrons. The fourth-order valence-electron chi connectivity index (χ4n) is 8.27. The molecule has 4 aromatic carbocycles. The van der Waals surface area contributed by atoms with Crippen molar-refractivity contribution in [2.75, 3.05) is 20.2 Å². The lowest BCUT2D eigenvalue weighted by molar-refractivity contribution is -0.135. The van der Waals surface area contributed by atoms with Crippen LogP contribution in [-0.2, 0) is 20.7 Å². The summed E-state index contributed by atoms with van der Waals surface area (Å²) < 4.78 is 4.76. The molecule has 0 saturated carbocycles. The molecular formula is C46H46N8O4. The van der Waals surface area contributed by atoms with E-state index < -0.39 is 18.2 Å². The Morgan fingerprint density at radius 1 is 0.828 bits per heavy atom. The van der Waals surface area contributed by atoms with Crippen molar-refractivity contribution in [1.29, 1.82) is 5.26 Å². The molecule has 2 aliphatic rings. The van der Waals surface area contributed by atoms with Crippen molar-refractivity contribution >= 4 is 28.7 Å². The number of amides is 3. The summed E-state index contributed by atoms with van der Waals surface area (Å²) >= 11 is 0. The fourth-order valence-corrected chi connectivity index (χ4v) is 8.27. The summed E-state index contributed by atoms with van der Waals surface area (Å²) in [6.07, 6.45) is 5.63.